The Morgan fingerprint density at radius 1 is 0.625 bits per heavy atom. The summed E-state index contributed by atoms with van der Waals surface area (Å²) in [6.45, 7) is 9.00. The van der Waals surface area contributed by atoms with Crippen molar-refractivity contribution < 1.29 is 4.42 Å². The Balaban J connectivity index is 1.67. The highest BCUT2D eigenvalue weighted by atomic mass is 16.3. The van der Waals surface area contributed by atoms with Crippen molar-refractivity contribution in [3.8, 4) is 11.1 Å². The molecule has 2 nitrogen and oxygen atoms in total. The van der Waals surface area contributed by atoms with Crippen LogP contribution in [0.4, 0.5) is 0 Å². The van der Waals surface area contributed by atoms with Gasteiger partial charge in [0.15, 0.2) is 0 Å². The van der Waals surface area contributed by atoms with Gasteiger partial charge in [0.1, 0.15) is 11.2 Å². The average Bonchev–Trinajstić information content (AvgIpc) is 3.35. The molecule has 158 valence electrons. The van der Waals surface area contributed by atoms with E-state index in [9.17, 15) is 0 Å². The molecule has 0 fully saturated rings. The van der Waals surface area contributed by atoms with E-state index in [1.807, 2.05) is 0 Å². The molecule has 2 aromatic heterocycles. The molecular weight excluding hydrogens is 390 g/mol. The number of aromatic amines is 1. The van der Waals surface area contributed by atoms with Crippen LogP contribution >= 0.6 is 0 Å². The second-order valence-corrected chi connectivity index (χ2v) is 9.54. The van der Waals surface area contributed by atoms with Crippen molar-refractivity contribution in [1.82, 2.24) is 4.98 Å². The van der Waals surface area contributed by atoms with Crippen LogP contribution in [-0.2, 0) is 0 Å². The molecule has 0 bridgehead atoms. The van der Waals surface area contributed by atoms with E-state index in [1.54, 1.807) is 0 Å². The Labute approximate surface area is 187 Å². The average molecular weight is 418 g/mol. The molecule has 0 unspecified atom stereocenters. The van der Waals surface area contributed by atoms with Gasteiger partial charge in [0, 0.05) is 38.1 Å². The van der Waals surface area contributed by atoms with E-state index in [1.165, 1.54) is 49.3 Å². The lowest BCUT2D eigenvalue weighted by Crippen LogP contribution is -1.90. The number of aromatic nitrogens is 1. The topological polar surface area (TPSA) is 28.9 Å². The summed E-state index contributed by atoms with van der Waals surface area (Å²) >= 11 is 0. The van der Waals surface area contributed by atoms with Gasteiger partial charge in [-0.05, 0) is 71.0 Å². The van der Waals surface area contributed by atoms with Crippen LogP contribution in [0.5, 0.6) is 0 Å². The zero-order valence-corrected chi connectivity index (χ0v) is 19.0. The molecule has 2 heteroatoms. The SMILES string of the molecule is CC(C)c1ccc2oc3c(-c4ccc5[nH]c6ccccc6c5c4)cc(C(C)C)cc3c2c1. The van der Waals surface area contributed by atoms with Gasteiger partial charge >= 0.3 is 0 Å². The maximum atomic E-state index is 6.48. The lowest BCUT2D eigenvalue weighted by atomic mass is 9.93. The third-order valence-corrected chi connectivity index (χ3v) is 6.77. The fraction of sp³-hybridized carbons (Fsp3) is 0.200. The minimum Gasteiger partial charge on any atom is -0.455 e. The second kappa shape index (κ2) is 7.00. The summed E-state index contributed by atoms with van der Waals surface area (Å²) in [7, 11) is 0. The van der Waals surface area contributed by atoms with E-state index in [0.717, 1.165) is 16.7 Å². The van der Waals surface area contributed by atoms with Crippen LogP contribution in [0.15, 0.2) is 77.2 Å². The number of fused-ring (bicyclic) bond motifs is 6. The molecule has 0 amide bonds. The fourth-order valence-electron chi connectivity index (χ4n) is 4.84. The smallest absolute Gasteiger partial charge is 0.143 e. The van der Waals surface area contributed by atoms with Crippen LogP contribution in [0.1, 0.15) is 50.7 Å². The van der Waals surface area contributed by atoms with Gasteiger partial charge in [0.25, 0.3) is 0 Å². The monoisotopic (exact) mass is 417 g/mol. The van der Waals surface area contributed by atoms with Gasteiger partial charge in [-0.25, -0.2) is 0 Å². The third kappa shape index (κ3) is 2.86. The molecule has 0 radical (unpaired) electrons. The molecule has 1 N–H and O–H groups in total. The number of benzene rings is 4. The number of para-hydroxylation sites is 1. The van der Waals surface area contributed by atoms with Gasteiger partial charge in [-0.1, -0.05) is 58.0 Å². The molecule has 0 atom stereocenters. The first-order valence-electron chi connectivity index (χ1n) is 11.5. The second-order valence-electron chi connectivity index (χ2n) is 9.54. The van der Waals surface area contributed by atoms with Gasteiger partial charge < -0.3 is 9.40 Å². The number of furan rings is 1. The van der Waals surface area contributed by atoms with Crippen LogP contribution in [0.3, 0.4) is 0 Å². The molecule has 0 saturated carbocycles. The zero-order valence-electron chi connectivity index (χ0n) is 19.0. The predicted molar refractivity (Wildman–Crippen MR) is 137 cm³/mol. The number of rotatable bonds is 3. The number of H-pyrrole nitrogens is 1. The zero-order chi connectivity index (χ0) is 22.0. The normalized spacial score (nSPS) is 12.3. The molecule has 6 aromatic rings. The van der Waals surface area contributed by atoms with Crippen LogP contribution in [0, 0.1) is 0 Å². The summed E-state index contributed by atoms with van der Waals surface area (Å²) in [4.78, 5) is 3.54. The van der Waals surface area contributed by atoms with Crippen molar-refractivity contribution in [3.05, 3.63) is 83.9 Å². The summed E-state index contributed by atoms with van der Waals surface area (Å²) in [6, 6.07) is 26.5. The standard InChI is InChI=1S/C30H27NO/c1-17(2)19-10-12-29-25(13-19)26-16-21(18(3)4)15-23(30(26)32-29)20-9-11-28-24(14-20)22-7-5-6-8-27(22)31-28/h5-18,31H,1-4H3. The summed E-state index contributed by atoms with van der Waals surface area (Å²) in [5.41, 5.74) is 9.31. The third-order valence-electron chi connectivity index (χ3n) is 6.77. The summed E-state index contributed by atoms with van der Waals surface area (Å²) < 4.78 is 6.48. The predicted octanol–water partition coefficient (Wildman–Crippen LogP) is 9.13. The molecule has 0 aliphatic carbocycles. The van der Waals surface area contributed by atoms with Crippen LogP contribution in [0.2, 0.25) is 0 Å². The van der Waals surface area contributed by atoms with E-state index in [2.05, 4.69) is 105 Å². The van der Waals surface area contributed by atoms with Crippen LogP contribution < -0.4 is 0 Å². The molecule has 0 aliphatic rings. The Morgan fingerprint density at radius 3 is 2.19 bits per heavy atom. The molecule has 0 saturated heterocycles. The van der Waals surface area contributed by atoms with E-state index in [4.69, 9.17) is 4.42 Å². The lowest BCUT2D eigenvalue weighted by Gasteiger charge is -2.10. The van der Waals surface area contributed by atoms with Gasteiger partial charge in [0.05, 0.1) is 0 Å². The molecule has 4 aromatic carbocycles. The van der Waals surface area contributed by atoms with Crippen molar-refractivity contribution in [2.24, 2.45) is 0 Å². The van der Waals surface area contributed by atoms with E-state index >= 15 is 0 Å². The molecule has 6 rings (SSSR count). The van der Waals surface area contributed by atoms with E-state index in [0.29, 0.717) is 11.8 Å². The number of nitrogens with one attached hydrogen (secondary N) is 1. The molecule has 0 aliphatic heterocycles. The number of hydrogen-bond acceptors (Lipinski definition) is 1. The first kappa shape index (κ1) is 19.2. The fourth-order valence-corrected chi connectivity index (χ4v) is 4.84. The number of hydrogen-bond donors (Lipinski definition) is 1. The lowest BCUT2D eigenvalue weighted by molar-refractivity contribution is 0.669. The summed E-state index contributed by atoms with van der Waals surface area (Å²) in [5.74, 6) is 0.926. The molecule has 2 heterocycles. The highest BCUT2D eigenvalue weighted by molar-refractivity contribution is 6.12. The minimum atomic E-state index is 0.438. The van der Waals surface area contributed by atoms with Gasteiger partial charge in [-0.15, -0.1) is 0 Å². The Bertz CT molecular complexity index is 1630. The Hall–Kier alpha value is -3.52. The highest BCUT2D eigenvalue weighted by Gasteiger charge is 2.17. The van der Waals surface area contributed by atoms with Crippen molar-refractivity contribution in [2.45, 2.75) is 39.5 Å². The molecule has 32 heavy (non-hydrogen) atoms. The summed E-state index contributed by atoms with van der Waals surface area (Å²) in [6.07, 6.45) is 0. The van der Waals surface area contributed by atoms with Crippen LogP contribution in [0.25, 0.3) is 54.9 Å². The first-order valence-corrected chi connectivity index (χ1v) is 11.5. The van der Waals surface area contributed by atoms with Crippen molar-refractivity contribution in [3.63, 3.8) is 0 Å². The van der Waals surface area contributed by atoms with E-state index < -0.39 is 0 Å². The Kier molecular flexibility index (Phi) is 4.19. The molecule has 0 spiro atoms. The van der Waals surface area contributed by atoms with Gasteiger partial charge in [0.2, 0.25) is 0 Å². The highest BCUT2D eigenvalue weighted by Crippen LogP contribution is 2.40. The summed E-state index contributed by atoms with van der Waals surface area (Å²) in [5, 5.41) is 4.93. The largest absolute Gasteiger partial charge is 0.455 e. The van der Waals surface area contributed by atoms with Gasteiger partial charge in [-0.3, -0.25) is 0 Å². The van der Waals surface area contributed by atoms with E-state index in [-0.39, 0.29) is 0 Å². The van der Waals surface area contributed by atoms with Crippen molar-refractivity contribution in [2.75, 3.05) is 0 Å². The maximum absolute atomic E-state index is 6.48. The van der Waals surface area contributed by atoms with Crippen molar-refractivity contribution >= 4 is 43.7 Å². The molecular formula is C30H27NO. The maximum Gasteiger partial charge on any atom is 0.143 e. The Morgan fingerprint density at radius 2 is 1.38 bits per heavy atom. The van der Waals surface area contributed by atoms with Crippen molar-refractivity contribution in [1.29, 1.82) is 0 Å². The van der Waals surface area contributed by atoms with Gasteiger partial charge in [-0.2, -0.15) is 0 Å². The first-order chi connectivity index (χ1) is 15.5. The minimum absolute atomic E-state index is 0.438. The quantitative estimate of drug-likeness (QED) is 0.305. The van der Waals surface area contributed by atoms with Crippen LogP contribution in [-0.4, -0.2) is 4.98 Å².